The Bertz CT molecular complexity index is 969. The molecule has 5 rings (SSSR count). The van der Waals surface area contributed by atoms with Crippen molar-refractivity contribution in [3.63, 3.8) is 0 Å². The number of carbonyl (C=O) groups excluding carboxylic acids is 1. The number of hydrogen-bond acceptors (Lipinski definition) is 5. The number of aryl methyl sites for hydroxylation is 1. The van der Waals surface area contributed by atoms with Gasteiger partial charge in [-0.2, -0.15) is 4.98 Å². The number of likely N-dealkylation sites (tertiary alicyclic amines) is 2. The van der Waals surface area contributed by atoms with Crippen molar-refractivity contribution in [2.75, 3.05) is 13.1 Å². The third kappa shape index (κ3) is 2.47. The lowest BCUT2D eigenvalue weighted by Crippen LogP contribution is -2.48. The lowest BCUT2D eigenvalue weighted by molar-refractivity contribution is 0.0604. The summed E-state index contributed by atoms with van der Waals surface area (Å²) in [5.74, 6) is 0.638. The molecular formula is C19H20N6O. The molecule has 7 heteroatoms. The van der Waals surface area contributed by atoms with Gasteiger partial charge in [-0.25, -0.2) is 9.50 Å². The molecule has 0 aliphatic carbocycles. The molecule has 26 heavy (non-hydrogen) atoms. The van der Waals surface area contributed by atoms with Gasteiger partial charge in [-0.3, -0.25) is 9.69 Å². The minimum Gasteiger partial charge on any atom is -0.330 e. The Hall–Kier alpha value is -2.80. The van der Waals surface area contributed by atoms with Crippen LogP contribution < -0.4 is 0 Å². The fourth-order valence-corrected chi connectivity index (χ4v) is 4.14. The zero-order chi connectivity index (χ0) is 17.7. The largest absolute Gasteiger partial charge is 0.330 e. The second kappa shape index (κ2) is 5.88. The third-order valence-electron chi connectivity index (χ3n) is 5.46. The Labute approximate surface area is 151 Å². The Morgan fingerprint density at radius 3 is 2.73 bits per heavy atom. The monoisotopic (exact) mass is 348 g/mol. The lowest BCUT2D eigenvalue weighted by Gasteiger charge is -2.33. The SMILES string of the molecule is Cc1ccnc2nc(C(=O)N3C[C@@H]4C[C@H]3CN4Cc3ccccc3)nn12. The summed E-state index contributed by atoms with van der Waals surface area (Å²) in [5, 5.41) is 4.37. The van der Waals surface area contributed by atoms with Crippen molar-refractivity contribution >= 4 is 11.7 Å². The highest BCUT2D eigenvalue weighted by molar-refractivity contribution is 5.91. The molecule has 2 atom stereocenters. The highest BCUT2D eigenvalue weighted by atomic mass is 16.2. The highest BCUT2D eigenvalue weighted by Crippen LogP contribution is 2.32. The summed E-state index contributed by atoms with van der Waals surface area (Å²) in [6, 6.07) is 13.0. The molecule has 0 saturated carbocycles. The van der Waals surface area contributed by atoms with Gasteiger partial charge in [0.05, 0.1) is 0 Å². The predicted octanol–water partition coefficient (Wildman–Crippen LogP) is 1.53. The average molecular weight is 348 g/mol. The molecule has 0 radical (unpaired) electrons. The number of benzene rings is 1. The van der Waals surface area contributed by atoms with Crippen molar-refractivity contribution in [2.24, 2.45) is 0 Å². The second-order valence-electron chi connectivity index (χ2n) is 7.15. The molecule has 2 aliphatic rings. The van der Waals surface area contributed by atoms with Gasteiger partial charge >= 0.3 is 0 Å². The van der Waals surface area contributed by atoms with E-state index in [4.69, 9.17) is 0 Å². The van der Waals surface area contributed by atoms with Crippen LogP contribution in [-0.2, 0) is 6.54 Å². The van der Waals surface area contributed by atoms with Crippen LogP contribution in [0.3, 0.4) is 0 Å². The van der Waals surface area contributed by atoms with Gasteiger partial charge in [0, 0.05) is 43.6 Å². The number of fused-ring (bicyclic) bond motifs is 3. The summed E-state index contributed by atoms with van der Waals surface area (Å²) in [7, 11) is 0. The third-order valence-corrected chi connectivity index (χ3v) is 5.46. The minimum atomic E-state index is -0.0817. The molecule has 3 aromatic rings. The molecule has 4 heterocycles. The van der Waals surface area contributed by atoms with Crippen molar-refractivity contribution in [3.05, 3.63) is 59.7 Å². The number of amides is 1. The van der Waals surface area contributed by atoms with Crippen molar-refractivity contribution in [3.8, 4) is 0 Å². The molecule has 1 amide bonds. The van der Waals surface area contributed by atoms with E-state index >= 15 is 0 Å². The molecule has 0 N–H and O–H groups in total. The molecule has 1 aromatic carbocycles. The Morgan fingerprint density at radius 1 is 1.15 bits per heavy atom. The number of hydrogen-bond donors (Lipinski definition) is 0. The first-order chi connectivity index (χ1) is 12.7. The van der Waals surface area contributed by atoms with Gasteiger partial charge in [-0.05, 0) is 25.0 Å². The number of carbonyl (C=O) groups is 1. The van der Waals surface area contributed by atoms with Crippen LogP contribution >= 0.6 is 0 Å². The topological polar surface area (TPSA) is 66.6 Å². The van der Waals surface area contributed by atoms with Crippen LogP contribution in [0, 0.1) is 6.92 Å². The van der Waals surface area contributed by atoms with Crippen LogP contribution in [-0.4, -0.2) is 60.5 Å². The maximum absolute atomic E-state index is 12.9. The van der Waals surface area contributed by atoms with Crippen LogP contribution in [0.2, 0.25) is 0 Å². The van der Waals surface area contributed by atoms with E-state index in [1.807, 2.05) is 24.0 Å². The lowest BCUT2D eigenvalue weighted by atomic mass is 10.2. The summed E-state index contributed by atoms with van der Waals surface area (Å²) >= 11 is 0. The van der Waals surface area contributed by atoms with Crippen molar-refractivity contribution in [1.82, 2.24) is 29.4 Å². The van der Waals surface area contributed by atoms with Gasteiger partial charge < -0.3 is 4.90 Å². The number of aromatic nitrogens is 4. The Kier molecular flexibility index (Phi) is 3.49. The second-order valence-corrected chi connectivity index (χ2v) is 7.15. The quantitative estimate of drug-likeness (QED) is 0.718. The van der Waals surface area contributed by atoms with Crippen LogP contribution in [0.4, 0.5) is 0 Å². The fraction of sp³-hybridized carbons (Fsp3) is 0.368. The summed E-state index contributed by atoms with van der Waals surface area (Å²) in [6.07, 6.45) is 2.72. The van der Waals surface area contributed by atoms with E-state index in [9.17, 15) is 4.79 Å². The number of rotatable bonds is 3. The van der Waals surface area contributed by atoms with E-state index in [2.05, 4.69) is 44.2 Å². The van der Waals surface area contributed by atoms with Crippen LogP contribution in [0.5, 0.6) is 0 Å². The summed E-state index contributed by atoms with van der Waals surface area (Å²) in [4.78, 5) is 25.9. The van der Waals surface area contributed by atoms with Gasteiger partial charge in [0.25, 0.3) is 11.7 Å². The van der Waals surface area contributed by atoms with Crippen molar-refractivity contribution in [2.45, 2.75) is 32.0 Å². The van der Waals surface area contributed by atoms with Gasteiger partial charge in [-0.15, -0.1) is 5.10 Å². The first-order valence-electron chi connectivity index (χ1n) is 8.96. The zero-order valence-electron chi connectivity index (χ0n) is 14.6. The predicted molar refractivity (Wildman–Crippen MR) is 95.6 cm³/mol. The zero-order valence-corrected chi connectivity index (χ0v) is 14.6. The molecule has 2 saturated heterocycles. The summed E-state index contributed by atoms with van der Waals surface area (Å²) < 4.78 is 1.63. The van der Waals surface area contributed by atoms with E-state index < -0.39 is 0 Å². The van der Waals surface area contributed by atoms with Gasteiger partial charge in [0.15, 0.2) is 0 Å². The van der Waals surface area contributed by atoms with Crippen LogP contribution in [0.15, 0.2) is 42.6 Å². The minimum absolute atomic E-state index is 0.0817. The molecular weight excluding hydrogens is 328 g/mol. The molecule has 0 spiro atoms. The molecule has 7 nitrogen and oxygen atoms in total. The Balaban J connectivity index is 1.32. The van der Waals surface area contributed by atoms with Gasteiger partial charge in [0.1, 0.15) is 0 Å². The van der Waals surface area contributed by atoms with Gasteiger partial charge in [0.2, 0.25) is 5.82 Å². The normalized spacial score (nSPS) is 22.4. The maximum Gasteiger partial charge on any atom is 0.293 e. The number of piperazine rings is 1. The van der Waals surface area contributed by atoms with Crippen molar-refractivity contribution < 1.29 is 4.79 Å². The van der Waals surface area contributed by atoms with E-state index in [-0.39, 0.29) is 17.8 Å². The van der Waals surface area contributed by atoms with E-state index in [0.29, 0.717) is 11.8 Å². The smallest absolute Gasteiger partial charge is 0.293 e. The van der Waals surface area contributed by atoms with E-state index in [1.54, 1.807) is 10.7 Å². The maximum atomic E-state index is 12.9. The van der Waals surface area contributed by atoms with Crippen LogP contribution in [0.25, 0.3) is 5.78 Å². The molecule has 0 unspecified atom stereocenters. The molecule has 2 aliphatic heterocycles. The summed E-state index contributed by atoms with van der Waals surface area (Å²) in [5.41, 5.74) is 2.24. The van der Waals surface area contributed by atoms with Crippen molar-refractivity contribution in [1.29, 1.82) is 0 Å². The fourth-order valence-electron chi connectivity index (χ4n) is 4.14. The van der Waals surface area contributed by atoms with Gasteiger partial charge in [-0.1, -0.05) is 30.3 Å². The first-order valence-corrected chi connectivity index (χ1v) is 8.96. The number of nitrogens with zero attached hydrogens (tertiary/aromatic N) is 6. The summed E-state index contributed by atoms with van der Waals surface area (Å²) in [6.45, 7) is 4.53. The molecule has 2 fully saturated rings. The molecule has 2 aromatic heterocycles. The molecule has 132 valence electrons. The van der Waals surface area contributed by atoms with E-state index in [0.717, 1.165) is 31.7 Å². The highest BCUT2D eigenvalue weighted by Gasteiger charge is 2.45. The molecule has 2 bridgehead atoms. The Morgan fingerprint density at radius 2 is 2.00 bits per heavy atom. The van der Waals surface area contributed by atoms with E-state index in [1.165, 1.54) is 5.56 Å². The average Bonchev–Trinajstić information content (AvgIpc) is 3.36. The standard InChI is InChI=1S/C19H20N6O/c1-13-7-8-20-19-21-17(22-25(13)19)18(26)24-12-15-9-16(24)11-23(15)10-14-5-3-2-4-6-14/h2-8,15-16H,9-12H2,1H3/t15-,16-/m0/s1. The van der Waals surface area contributed by atoms with Crippen LogP contribution in [0.1, 0.15) is 28.3 Å². The first kappa shape index (κ1) is 15.5.